The van der Waals surface area contributed by atoms with Gasteiger partial charge in [-0.05, 0) is 36.2 Å². The number of hydrogen-bond acceptors (Lipinski definition) is 4. The van der Waals surface area contributed by atoms with Crippen molar-refractivity contribution in [3.05, 3.63) is 59.7 Å². The second kappa shape index (κ2) is 8.03. The molecule has 0 spiro atoms. The quantitative estimate of drug-likeness (QED) is 0.878. The van der Waals surface area contributed by atoms with E-state index >= 15 is 0 Å². The fourth-order valence-electron chi connectivity index (χ4n) is 3.17. The van der Waals surface area contributed by atoms with Gasteiger partial charge in [0, 0.05) is 18.8 Å². The normalized spacial score (nSPS) is 15.6. The van der Waals surface area contributed by atoms with Gasteiger partial charge in [-0.25, -0.2) is 0 Å². The molecule has 1 fully saturated rings. The van der Waals surface area contributed by atoms with Gasteiger partial charge in [-0.1, -0.05) is 30.3 Å². The first-order valence-corrected chi connectivity index (χ1v) is 8.62. The average Bonchev–Trinajstić information content (AvgIpc) is 2.62. The first-order valence-electron chi connectivity index (χ1n) is 8.62. The Kier molecular flexibility index (Phi) is 5.56. The molecular weight excluding hydrogens is 316 g/mol. The fraction of sp³-hybridized carbons (Fsp3) is 0.350. The van der Waals surface area contributed by atoms with Crippen molar-refractivity contribution >= 4 is 11.6 Å². The standard InChI is InChI=1S/C20H24N2O3/c1-15(21-20(24)14-16-5-4-6-17(23)13-16)18-7-2-3-8-19(18)22-9-11-25-12-10-22/h2-8,13,15,23H,9-12,14H2,1H3,(H,21,24)/t15-/m0/s1. The number of nitrogens with zero attached hydrogens (tertiary/aromatic N) is 1. The van der Waals surface area contributed by atoms with E-state index in [2.05, 4.69) is 22.3 Å². The average molecular weight is 340 g/mol. The van der Waals surface area contributed by atoms with Gasteiger partial charge in [-0.2, -0.15) is 0 Å². The largest absolute Gasteiger partial charge is 0.508 e. The summed E-state index contributed by atoms with van der Waals surface area (Å²) in [6, 6.07) is 14.9. The highest BCUT2D eigenvalue weighted by molar-refractivity contribution is 5.79. The highest BCUT2D eigenvalue weighted by atomic mass is 16.5. The van der Waals surface area contributed by atoms with Crippen LogP contribution in [0.3, 0.4) is 0 Å². The molecule has 2 N–H and O–H groups in total. The number of carbonyl (C=O) groups excluding carboxylic acids is 1. The second-order valence-corrected chi connectivity index (χ2v) is 6.29. The predicted octanol–water partition coefficient (Wildman–Crippen LogP) is 2.65. The van der Waals surface area contributed by atoms with Crippen LogP contribution in [0, 0.1) is 0 Å². The summed E-state index contributed by atoms with van der Waals surface area (Å²) < 4.78 is 5.43. The third-order valence-electron chi connectivity index (χ3n) is 4.41. The van der Waals surface area contributed by atoms with Crippen LogP contribution in [-0.2, 0) is 16.0 Å². The molecule has 0 saturated carbocycles. The van der Waals surface area contributed by atoms with Gasteiger partial charge in [-0.3, -0.25) is 4.79 Å². The second-order valence-electron chi connectivity index (χ2n) is 6.29. The van der Waals surface area contributed by atoms with Crippen LogP contribution in [0.4, 0.5) is 5.69 Å². The van der Waals surface area contributed by atoms with Crippen molar-refractivity contribution in [2.24, 2.45) is 0 Å². The minimum atomic E-state index is -0.0937. The fourth-order valence-corrected chi connectivity index (χ4v) is 3.17. The van der Waals surface area contributed by atoms with Crippen molar-refractivity contribution in [3.8, 4) is 5.75 Å². The Balaban J connectivity index is 1.68. The number of phenolic OH excluding ortho intramolecular Hbond substituents is 1. The number of ether oxygens (including phenoxy) is 1. The summed E-state index contributed by atoms with van der Waals surface area (Å²) in [6.45, 7) is 5.18. The highest BCUT2D eigenvalue weighted by Gasteiger charge is 2.19. The number of phenols is 1. The van der Waals surface area contributed by atoms with Gasteiger partial charge in [0.25, 0.3) is 0 Å². The monoisotopic (exact) mass is 340 g/mol. The predicted molar refractivity (Wildman–Crippen MR) is 97.8 cm³/mol. The molecule has 1 heterocycles. The lowest BCUT2D eigenvalue weighted by atomic mass is 10.0. The van der Waals surface area contributed by atoms with E-state index in [4.69, 9.17) is 4.74 Å². The molecule has 25 heavy (non-hydrogen) atoms. The Morgan fingerprint density at radius 3 is 2.72 bits per heavy atom. The third kappa shape index (κ3) is 4.51. The van der Waals surface area contributed by atoms with Crippen molar-refractivity contribution in [2.45, 2.75) is 19.4 Å². The number of hydrogen-bond donors (Lipinski definition) is 2. The van der Waals surface area contributed by atoms with E-state index in [0.29, 0.717) is 0 Å². The number of rotatable bonds is 5. The number of anilines is 1. The first kappa shape index (κ1) is 17.3. The lowest BCUT2D eigenvalue weighted by Gasteiger charge is -2.32. The number of carbonyl (C=O) groups is 1. The van der Waals surface area contributed by atoms with Crippen molar-refractivity contribution in [1.29, 1.82) is 0 Å². The summed E-state index contributed by atoms with van der Waals surface area (Å²) >= 11 is 0. The molecule has 0 aliphatic carbocycles. The molecule has 2 aromatic rings. The van der Waals surface area contributed by atoms with Crippen LogP contribution in [0.15, 0.2) is 48.5 Å². The molecule has 0 bridgehead atoms. The molecular formula is C20H24N2O3. The number of benzene rings is 2. The Morgan fingerprint density at radius 2 is 1.96 bits per heavy atom. The topological polar surface area (TPSA) is 61.8 Å². The van der Waals surface area contributed by atoms with Crippen molar-refractivity contribution < 1.29 is 14.6 Å². The molecule has 3 rings (SSSR count). The summed E-state index contributed by atoms with van der Waals surface area (Å²) in [4.78, 5) is 14.7. The maximum atomic E-state index is 12.4. The number of para-hydroxylation sites is 1. The molecule has 1 aliphatic heterocycles. The van der Waals surface area contributed by atoms with Crippen LogP contribution >= 0.6 is 0 Å². The Labute approximate surface area is 148 Å². The van der Waals surface area contributed by atoms with Gasteiger partial charge in [0.05, 0.1) is 25.7 Å². The van der Waals surface area contributed by atoms with Gasteiger partial charge >= 0.3 is 0 Å². The Bertz CT molecular complexity index is 726. The minimum absolute atomic E-state index is 0.0603. The Morgan fingerprint density at radius 1 is 1.20 bits per heavy atom. The van der Waals surface area contributed by atoms with Crippen molar-refractivity contribution in [2.75, 3.05) is 31.2 Å². The lowest BCUT2D eigenvalue weighted by Crippen LogP contribution is -2.37. The molecule has 2 aromatic carbocycles. The van der Waals surface area contributed by atoms with Gasteiger partial charge in [0.2, 0.25) is 5.91 Å². The van der Waals surface area contributed by atoms with E-state index in [0.717, 1.165) is 43.1 Å². The number of nitrogens with one attached hydrogen (secondary N) is 1. The van der Waals surface area contributed by atoms with Crippen molar-refractivity contribution in [1.82, 2.24) is 5.32 Å². The molecule has 132 valence electrons. The van der Waals surface area contributed by atoms with Gasteiger partial charge in [0.15, 0.2) is 0 Å². The van der Waals surface area contributed by atoms with E-state index in [1.165, 1.54) is 0 Å². The van der Waals surface area contributed by atoms with Crippen LogP contribution < -0.4 is 10.2 Å². The summed E-state index contributed by atoms with van der Waals surface area (Å²) in [7, 11) is 0. The SMILES string of the molecule is C[C@H](NC(=O)Cc1cccc(O)c1)c1ccccc1N1CCOCC1. The molecule has 1 aliphatic rings. The smallest absolute Gasteiger partial charge is 0.224 e. The number of morpholine rings is 1. The molecule has 1 amide bonds. The zero-order valence-corrected chi connectivity index (χ0v) is 14.4. The van der Waals surface area contributed by atoms with Crippen LogP contribution in [0.25, 0.3) is 0 Å². The maximum Gasteiger partial charge on any atom is 0.224 e. The molecule has 5 heteroatoms. The van der Waals surface area contributed by atoms with Crippen LogP contribution in [0.1, 0.15) is 24.1 Å². The van der Waals surface area contributed by atoms with Crippen LogP contribution in [0.2, 0.25) is 0 Å². The summed E-state index contributed by atoms with van der Waals surface area (Å²) in [5, 5.41) is 12.6. The zero-order valence-electron chi connectivity index (χ0n) is 14.4. The van der Waals surface area contributed by atoms with Gasteiger partial charge < -0.3 is 20.1 Å². The minimum Gasteiger partial charge on any atom is -0.508 e. The van der Waals surface area contributed by atoms with Crippen LogP contribution in [-0.4, -0.2) is 37.3 Å². The number of aromatic hydroxyl groups is 1. The Hall–Kier alpha value is -2.53. The van der Waals surface area contributed by atoms with Gasteiger partial charge in [0.1, 0.15) is 5.75 Å². The molecule has 0 aromatic heterocycles. The van der Waals surface area contributed by atoms with E-state index in [1.54, 1.807) is 18.2 Å². The van der Waals surface area contributed by atoms with E-state index in [9.17, 15) is 9.90 Å². The summed E-state index contributed by atoms with van der Waals surface area (Å²) in [5.74, 6) is 0.117. The number of amides is 1. The lowest BCUT2D eigenvalue weighted by molar-refractivity contribution is -0.121. The van der Waals surface area contributed by atoms with Crippen molar-refractivity contribution in [3.63, 3.8) is 0 Å². The first-order chi connectivity index (χ1) is 12.1. The molecule has 0 unspecified atom stereocenters. The maximum absolute atomic E-state index is 12.4. The molecule has 1 atom stereocenters. The molecule has 5 nitrogen and oxygen atoms in total. The molecule has 0 radical (unpaired) electrons. The highest BCUT2D eigenvalue weighted by Crippen LogP contribution is 2.27. The van der Waals surface area contributed by atoms with E-state index in [1.807, 2.05) is 25.1 Å². The van der Waals surface area contributed by atoms with Gasteiger partial charge in [-0.15, -0.1) is 0 Å². The summed E-state index contributed by atoms with van der Waals surface area (Å²) in [5.41, 5.74) is 3.05. The van der Waals surface area contributed by atoms with Crippen LogP contribution in [0.5, 0.6) is 5.75 Å². The van der Waals surface area contributed by atoms with E-state index in [-0.39, 0.29) is 24.1 Å². The summed E-state index contributed by atoms with van der Waals surface area (Å²) in [6.07, 6.45) is 0.248. The van der Waals surface area contributed by atoms with E-state index < -0.39 is 0 Å². The third-order valence-corrected chi connectivity index (χ3v) is 4.41. The molecule has 1 saturated heterocycles. The zero-order chi connectivity index (χ0) is 17.6.